The van der Waals surface area contributed by atoms with E-state index in [1.165, 1.54) is 44.6 Å². The number of carbonyl (C=O) groups is 1. The maximum atomic E-state index is 10.4. The summed E-state index contributed by atoms with van der Waals surface area (Å²) in [6.45, 7) is 4.06. The number of carboxylic acid groups (broad SMARTS) is 1. The smallest absolute Gasteiger partial charge is 0.543 e. The van der Waals surface area contributed by atoms with Crippen LogP contribution in [0.15, 0.2) is 16.8 Å². The maximum absolute atomic E-state index is 10.4. The van der Waals surface area contributed by atoms with Crippen molar-refractivity contribution in [3.63, 3.8) is 0 Å². The van der Waals surface area contributed by atoms with Crippen LogP contribution in [0, 0.1) is 5.92 Å². The molecule has 1 saturated carbocycles. The van der Waals surface area contributed by atoms with E-state index in [0.717, 1.165) is 0 Å². The molecule has 0 atom stereocenters. The molecule has 0 radical (unpaired) electrons. The van der Waals surface area contributed by atoms with Gasteiger partial charge in [0, 0.05) is 0 Å². The van der Waals surface area contributed by atoms with Gasteiger partial charge in [-0.3, -0.25) is 0 Å². The summed E-state index contributed by atoms with van der Waals surface area (Å²) in [5.41, 5.74) is 3.95. The van der Waals surface area contributed by atoms with Crippen molar-refractivity contribution in [1.82, 2.24) is 5.43 Å². The van der Waals surface area contributed by atoms with Crippen molar-refractivity contribution in [2.24, 2.45) is 11.0 Å². The van der Waals surface area contributed by atoms with Crippen LogP contribution in [-0.2, 0) is 4.79 Å². The fraction of sp³-hybridized carbons (Fsp3) is 0.692. The second kappa shape index (κ2) is 9.59. The van der Waals surface area contributed by atoms with Crippen LogP contribution in [0.4, 0.5) is 0 Å². The zero-order valence-corrected chi connectivity index (χ0v) is 13.7. The largest absolute Gasteiger partial charge is 1.00 e. The summed E-state index contributed by atoms with van der Waals surface area (Å²) < 4.78 is 0. The third-order valence-electron chi connectivity index (χ3n) is 3.07. The first-order chi connectivity index (χ1) is 8.09. The van der Waals surface area contributed by atoms with Crippen LogP contribution < -0.4 is 40.1 Å². The third kappa shape index (κ3) is 7.19. The first-order valence-electron chi connectivity index (χ1n) is 6.25. The predicted octanol–water partition coefficient (Wildman–Crippen LogP) is -1.77. The SMILES string of the molecule is CC(=CC1CCCCC1)CNN=C(C)C(=O)[O-].[Na+]. The van der Waals surface area contributed by atoms with Gasteiger partial charge in [0.2, 0.25) is 0 Å². The number of nitrogens with zero attached hydrogens (tertiary/aromatic N) is 1. The summed E-state index contributed by atoms with van der Waals surface area (Å²) in [6.07, 6.45) is 8.85. The van der Waals surface area contributed by atoms with E-state index in [1.54, 1.807) is 0 Å². The van der Waals surface area contributed by atoms with Gasteiger partial charge >= 0.3 is 29.6 Å². The minimum absolute atomic E-state index is 0. The Labute approximate surface area is 131 Å². The molecule has 0 aromatic carbocycles. The quantitative estimate of drug-likeness (QED) is 0.275. The van der Waals surface area contributed by atoms with Gasteiger partial charge in [0.15, 0.2) is 0 Å². The molecule has 1 aliphatic rings. The van der Waals surface area contributed by atoms with E-state index in [1.807, 2.05) is 6.92 Å². The molecule has 0 aromatic rings. The average Bonchev–Trinajstić information content (AvgIpc) is 2.30. The molecule has 0 aliphatic heterocycles. The van der Waals surface area contributed by atoms with Crippen molar-refractivity contribution >= 4 is 11.7 Å². The van der Waals surface area contributed by atoms with Crippen molar-refractivity contribution in [3.8, 4) is 0 Å². The third-order valence-corrected chi connectivity index (χ3v) is 3.07. The topological polar surface area (TPSA) is 64.5 Å². The molecule has 1 rings (SSSR count). The van der Waals surface area contributed by atoms with Crippen molar-refractivity contribution in [2.45, 2.75) is 46.0 Å². The second-order valence-electron chi connectivity index (χ2n) is 4.73. The molecule has 0 saturated heterocycles. The Morgan fingerprint density at radius 1 is 1.33 bits per heavy atom. The van der Waals surface area contributed by atoms with Gasteiger partial charge < -0.3 is 15.3 Å². The van der Waals surface area contributed by atoms with E-state index in [0.29, 0.717) is 12.5 Å². The van der Waals surface area contributed by atoms with Gasteiger partial charge in [-0.15, -0.1) is 0 Å². The first-order valence-corrected chi connectivity index (χ1v) is 6.25. The first kappa shape index (κ1) is 17.7. The van der Waals surface area contributed by atoms with E-state index >= 15 is 0 Å². The molecule has 0 spiro atoms. The number of rotatable bonds is 5. The molecule has 18 heavy (non-hydrogen) atoms. The summed E-state index contributed by atoms with van der Waals surface area (Å²) in [7, 11) is 0. The van der Waals surface area contributed by atoms with Crippen LogP contribution in [0.3, 0.4) is 0 Å². The predicted molar refractivity (Wildman–Crippen MR) is 66.5 cm³/mol. The zero-order valence-electron chi connectivity index (χ0n) is 11.7. The van der Waals surface area contributed by atoms with Crippen LogP contribution in [0.25, 0.3) is 0 Å². The van der Waals surface area contributed by atoms with E-state index in [2.05, 4.69) is 16.6 Å². The van der Waals surface area contributed by atoms with Crippen LogP contribution >= 0.6 is 0 Å². The number of carboxylic acids is 1. The van der Waals surface area contributed by atoms with Crippen LogP contribution in [-0.4, -0.2) is 18.2 Å². The number of hydrogen-bond donors (Lipinski definition) is 1. The average molecular weight is 260 g/mol. The molecule has 0 unspecified atom stereocenters. The van der Waals surface area contributed by atoms with E-state index in [-0.39, 0.29) is 35.3 Å². The van der Waals surface area contributed by atoms with Gasteiger partial charge in [-0.25, -0.2) is 0 Å². The Morgan fingerprint density at radius 2 is 1.94 bits per heavy atom. The Hall–Kier alpha value is -0.320. The van der Waals surface area contributed by atoms with E-state index in [9.17, 15) is 9.90 Å². The minimum Gasteiger partial charge on any atom is -0.543 e. The maximum Gasteiger partial charge on any atom is 1.00 e. The molecule has 96 valence electrons. The van der Waals surface area contributed by atoms with Crippen LogP contribution in [0.5, 0.6) is 0 Å². The number of hydrazone groups is 1. The number of allylic oxidation sites excluding steroid dienone is 1. The van der Waals surface area contributed by atoms with Gasteiger partial charge in [0.25, 0.3) is 0 Å². The molecule has 0 heterocycles. The Bertz CT molecular complexity index is 321. The second-order valence-corrected chi connectivity index (χ2v) is 4.73. The summed E-state index contributed by atoms with van der Waals surface area (Å²) in [5, 5.41) is 14.1. The van der Waals surface area contributed by atoms with Crippen molar-refractivity contribution in [1.29, 1.82) is 0 Å². The Morgan fingerprint density at radius 3 is 2.50 bits per heavy atom. The van der Waals surface area contributed by atoms with E-state index < -0.39 is 5.97 Å². The number of nitrogens with one attached hydrogen (secondary N) is 1. The fourth-order valence-corrected chi connectivity index (χ4v) is 2.09. The molecule has 0 aromatic heterocycles. The van der Waals surface area contributed by atoms with Crippen LogP contribution in [0.1, 0.15) is 46.0 Å². The van der Waals surface area contributed by atoms with Gasteiger partial charge in [0.05, 0.1) is 18.2 Å². The Balaban J connectivity index is 0.00000289. The summed E-state index contributed by atoms with van der Waals surface area (Å²) in [6, 6.07) is 0. The monoisotopic (exact) mass is 260 g/mol. The molecule has 0 bridgehead atoms. The molecule has 0 amide bonds. The molecule has 1 N–H and O–H groups in total. The van der Waals surface area contributed by atoms with Crippen molar-refractivity contribution < 1.29 is 39.5 Å². The summed E-state index contributed by atoms with van der Waals surface area (Å²) in [4.78, 5) is 10.4. The normalized spacial score (nSPS) is 18.1. The standard InChI is InChI=1S/C13H22N2O2.Na/c1-10(8-12-6-4-3-5-7-12)9-14-15-11(2)13(16)17;/h8,12,14H,3-7,9H2,1-2H3,(H,16,17);/q;+1/p-1. The Kier molecular flexibility index (Phi) is 9.42. The minimum atomic E-state index is -1.23. The zero-order chi connectivity index (χ0) is 12.7. The summed E-state index contributed by atoms with van der Waals surface area (Å²) in [5.74, 6) is -0.539. The molecule has 1 aliphatic carbocycles. The molecule has 5 heteroatoms. The number of aliphatic carboxylic acids is 1. The molecular weight excluding hydrogens is 239 g/mol. The van der Waals surface area contributed by atoms with Crippen molar-refractivity contribution in [2.75, 3.05) is 6.54 Å². The van der Waals surface area contributed by atoms with Crippen molar-refractivity contribution in [3.05, 3.63) is 11.6 Å². The molecule has 4 nitrogen and oxygen atoms in total. The number of carbonyl (C=O) groups excluding carboxylic acids is 1. The van der Waals surface area contributed by atoms with Gasteiger partial charge in [0.1, 0.15) is 0 Å². The molecule has 1 fully saturated rings. The van der Waals surface area contributed by atoms with Gasteiger partial charge in [-0.1, -0.05) is 30.9 Å². The van der Waals surface area contributed by atoms with E-state index in [4.69, 9.17) is 0 Å². The molecular formula is C13H21N2NaO2. The van der Waals surface area contributed by atoms with Crippen LogP contribution in [0.2, 0.25) is 0 Å². The number of hydrogen-bond acceptors (Lipinski definition) is 4. The summed E-state index contributed by atoms with van der Waals surface area (Å²) >= 11 is 0. The van der Waals surface area contributed by atoms with Gasteiger partial charge in [-0.05, 0) is 32.6 Å². The van der Waals surface area contributed by atoms with Gasteiger partial charge in [-0.2, -0.15) is 5.10 Å². The fourth-order valence-electron chi connectivity index (χ4n) is 2.09.